The van der Waals surface area contributed by atoms with Gasteiger partial charge in [0, 0.05) is 20.9 Å². The van der Waals surface area contributed by atoms with E-state index >= 15 is 0 Å². The number of aromatic carboxylic acids is 1. The van der Waals surface area contributed by atoms with Gasteiger partial charge in [0.1, 0.15) is 11.5 Å². The maximum absolute atomic E-state index is 12.0. The number of nitrogens with one attached hydrogen (secondary N) is 1. The van der Waals surface area contributed by atoms with Crippen LogP contribution in [0.25, 0.3) is 0 Å². The van der Waals surface area contributed by atoms with Gasteiger partial charge in [0.05, 0.1) is 0 Å². The van der Waals surface area contributed by atoms with Crippen molar-refractivity contribution in [2.24, 2.45) is 0 Å². The minimum atomic E-state index is -0.884. The third-order valence-corrected chi connectivity index (χ3v) is 6.73. The summed E-state index contributed by atoms with van der Waals surface area (Å²) in [6, 6.07) is 9.51. The SMILES string of the molecule is O=C(NC1CCc2c(sc(C(=O)O)c2I)C1)OCc1ccccc1. The molecule has 7 heteroatoms. The van der Waals surface area contributed by atoms with Crippen molar-refractivity contribution >= 4 is 46.0 Å². The summed E-state index contributed by atoms with van der Waals surface area (Å²) < 4.78 is 6.08. The van der Waals surface area contributed by atoms with Gasteiger partial charge in [-0.15, -0.1) is 11.3 Å². The first-order valence-electron chi connectivity index (χ1n) is 7.55. The second-order valence-electron chi connectivity index (χ2n) is 5.60. The number of hydrogen-bond donors (Lipinski definition) is 2. The maximum atomic E-state index is 12.0. The molecule has 1 aromatic heterocycles. The number of halogens is 1. The molecule has 126 valence electrons. The van der Waals surface area contributed by atoms with Crippen LogP contribution in [0.5, 0.6) is 0 Å². The summed E-state index contributed by atoms with van der Waals surface area (Å²) in [5, 5.41) is 12.1. The Morgan fingerprint density at radius 3 is 2.79 bits per heavy atom. The quantitative estimate of drug-likeness (QED) is 0.685. The van der Waals surface area contributed by atoms with Crippen LogP contribution in [0.4, 0.5) is 4.79 Å². The molecule has 0 saturated heterocycles. The number of carboxylic acid groups (broad SMARTS) is 1. The molecule has 2 N–H and O–H groups in total. The Kier molecular flexibility index (Phi) is 5.40. The van der Waals surface area contributed by atoms with E-state index in [9.17, 15) is 14.7 Å². The Balaban J connectivity index is 1.57. The number of hydrogen-bond acceptors (Lipinski definition) is 4. The molecular weight excluding hydrogens is 441 g/mol. The van der Waals surface area contributed by atoms with E-state index < -0.39 is 12.1 Å². The summed E-state index contributed by atoms with van der Waals surface area (Å²) in [5.74, 6) is -0.884. The van der Waals surface area contributed by atoms with Gasteiger partial charge < -0.3 is 15.2 Å². The number of rotatable bonds is 4. The number of carbonyl (C=O) groups is 2. The van der Waals surface area contributed by atoms with E-state index in [0.29, 0.717) is 11.3 Å². The fraction of sp³-hybridized carbons (Fsp3) is 0.294. The van der Waals surface area contributed by atoms with Crippen LogP contribution in [0.1, 0.15) is 32.1 Å². The smallest absolute Gasteiger partial charge is 0.407 e. The van der Waals surface area contributed by atoms with E-state index in [2.05, 4.69) is 27.9 Å². The lowest BCUT2D eigenvalue weighted by Gasteiger charge is -2.23. The highest BCUT2D eigenvalue weighted by Gasteiger charge is 2.27. The molecule has 1 atom stereocenters. The second kappa shape index (κ2) is 7.52. The Bertz CT molecular complexity index is 759. The molecule has 2 aromatic rings. The summed E-state index contributed by atoms with van der Waals surface area (Å²) in [4.78, 5) is 24.6. The molecule has 3 rings (SSSR count). The summed E-state index contributed by atoms with van der Waals surface area (Å²) >= 11 is 3.42. The Hall–Kier alpha value is -1.61. The second-order valence-corrected chi connectivity index (χ2v) is 7.78. The number of benzene rings is 1. The zero-order valence-corrected chi connectivity index (χ0v) is 15.7. The molecule has 0 radical (unpaired) electrons. The molecule has 0 spiro atoms. The van der Waals surface area contributed by atoms with Crippen molar-refractivity contribution in [2.75, 3.05) is 0 Å². The predicted molar refractivity (Wildman–Crippen MR) is 99.6 cm³/mol. The minimum absolute atomic E-state index is 0.0168. The summed E-state index contributed by atoms with van der Waals surface area (Å²) in [6.07, 6.45) is 1.79. The van der Waals surface area contributed by atoms with E-state index in [1.165, 1.54) is 11.3 Å². The van der Waals surface area contributed by atoms with E-state index in [1.54, 1.807) is 0 Å². The van der Waals surface area contributed by atoms with E-state index in [0.717, 1.165) is 32.4 Å². The van der Waals surface area contributed by atoms with Crippen molar-refractivity contribution in [1.82, 2.24) is 5.32 Å². The molecule has 1 heterocycles. The lowest BCUT2D eigenvalue weighted by Crippen LogP contribution is -2.38. The van der Waals surface area contributed by atoms with Gasteiger partial charge in [-0.05, 0) is 46.6 Å². The van der Waals surface area contributed by atoms with Gasteiger partial charge in [0.25, 0.3) is 0 Å². The molecule has 1 unspecified atom stereocenters. The predicted octanol–water partition coefficient (Wildman–Crippen LogP) is 3.83. The van der Waals surface area contributed by atoms with Crippen molar-refractivity contribution in [1.29, 1.82) is 0 Å². The molecule has 0 fully saturated rings. The topological polar surface area (TPSA) is 75.6 Å². The zero-order valence-electron chi connectivity index (χ0n) is 12.8. The van der Waals surface area contributed by atoms with Crippen LogP contribution in [0.3, 0.4) is 0 Å². The van der Waals surface area contributed by atoms with Crippen LogP contribution in [0, 0.1) is 3.57 Å². The van der Waals surface area contributed by atoms with Crippen molar-refractivity contribution in [2.45, 2.75) is 31.9 Å². The monoisotopic (exact) mass is 457 g/mol. The molecule has 5 nitrogen and oxygen atoms in total. The summed E-state index contributed by atoms with van der Waals surface area (Å²) in [5.41, 5.74) is 2.06. The summed E-state index contributed by atoms with van der Waals surface area (Å²) in [7, 11) is 0. The highest BCUT2D eigenvalue weighted by atomic mass is 127. The van der Waals surface area contributed by atoms with Gasteiger partial charge in [-0.3, -0.25) is 0 Å². The molecule has 24 heavy (non-hydrogen) atoms. The first-order valence-corrected chi connectivity index (χ1v) is 9.44. The zero-order chi connectivity index (χ0) is 17.1. The Morgan fingerprint density at radius 2 is 2.08 bits per heavy atom. The molecule has 1 amide bonds. The minimum Gasteiger partial charge on any atom is -0.477 e. The third kappa shape index (κ3) is 3.89. The van der Waals surface area contributed by atoms with E-state index in [-0.39, 0.29) is 12.6 Å². The largest absolute Gasteiger partial charge is 0.477 e. The highest BCUT2D eigenvalue weighted by Crippen LogP contribution is 2.35. The average molecular weight is 457 g/mol. The van der Waals surface area contributed by atoms with Crippen LogP contribution in [0.2, 0.25) is 0 Å². The fourth-order valence-corrected chi connectivity index (χ4v) is 5.24. The van der Waals surface area contributed by atoms with Gasteiger partial charge in [-0.2, -0.15) is 0 Å². The van der Waals surface area contributed by atoms with Crippen molar-refractivity contribution in [3.8, 4) is 0 Å². The molecule has 0 aliphatic heterocycles. The molecular formula is C17H16INO4S. The number of carboxylic acids is 1. The molecule has 1 aliphatic rings. The van der Waals surface area contributed by atoms with Crippen LogP contribution in [-0.4, -0.2) is 23.2 Å². The Morgan fingerprint density at radius 1 is 1.33 bits per heavy atom. The first kappa shape index (κ1) is 17.2. The fourth-order valence-electron chi connectivity index (χ4n) is 2.74. The Labute approximate surface area is 157 Å². The van der Waals surface area contributed by atoms with Crippen LogP contribution < -0.4 is 5.32 Å². The summed E-state index contributed by atoms with van der Waals surface area (Å²) in [6.45, 7) is 0.241. The highest BCUT2D eigenvalue weighted by molar-refractivity contribution is 14.1. The third-order valence-electron chi connectivity index (χ3n) is 3.93. The number of fused-ring (bicyclic) bond motifs is 1. The number of ether oxygens (including phenoxy) is 1. The van der Waals surface area contributed by atoms with E-state index in [1.807, 2.05) is 30.3 Å². The van der Waals surface area contributed by atoms with Crippen molar-refractivity contribution in [3.63, 3.8) is 0 Å². The van der Waals surface area contributed by atoms with Crippen LogP contribution >= 0.6 is 33.9 Å². The van der Waals surface area contributed by atoms with Gasteiger partial charge in [-0.1, -0.05) is 30.3 Å². The first-order chi connectivity index (χ1) is 11.5. The van der Waals surface area contributed by atoms with Crippen LogP contribution in [-0.2, 0) is 24.2 Å². The molecule has 0 bridgehead atoms. The number of thiophene rings is 1. The van der Waals surface area contributed by atoms with Crippen LogP contribution in [0.15, 0.2) is 30.3 Å². The number of alkyl carbamates (subject to hydrolysis) is 1. The lowest BCUT2D eigenvalue weighted by atomic mass is 9.94. The molecule has 0 saturated carbocycles. The van der Waals surface area contributed by atoms with Gasteiger partial charge in [0.2, 0.25) is 0 Å². The lowest BCUT2D eigenvalue weighted by molar-refractivity contribution is 0.0701. The number of carbonyl (C=O) groups excluding carboxylic acids is 1. The average Bonchev–Trinajstić information content (AvgIpc) is 2.90. The molecule has 1 aromatic carbocycles. The van der Waals surface area contributed by atoms with Gasteiger partial charge in [-0.25, -0.2) is 9.59 Å². The molecule has 1 aliphatic carbocycles. The standard InChI is InChI=1S/C17H16INO4S/c18-14-12-7-6-11(8-13(12)24-15(14)16(20)21)19-17(22)23-9-10-4-2-1-3-5-10/h1-5,11H,6-9H2,(H,19,22)(H,20,21). The van der Waals surface area contributed by atoms with Gasteiger partial charge in [0.15, 0.2) is 0 Å². The number of amides is 1. The van der Waals surface area contributed by atoms with E-state index in [4.69, 9.17) is 4.74 Å². The van der Waals surface area contributed by atoms with Crippen molar-refractivity contribution < 1.29 is 19.4 Å². The van der Waals surface area contributed by atoms with Gasteiger partial charge >= 0.3 is 12.1 Å². The normalized spacial score (nSPS) is 16.3. The maximum Gasteiger partial charge on any atom is 0.407 e. The van der Waals surface area contributed by atoms with Crippen molar-refractivity contribution in [3.05, 3.63) is 54.8 Å².